The van der Waals surface area contributed by atoms with Crippen LogP contribution >= 0.6 is 0 Å². The van der Waals surface area contributed by atoms with Crippen LogP contribution in [0.3, 0.4) is 0 Å². The third-order valence-electron chi connectivity index (χ3n) is 11.6. The number of hydrogen-bond acceptors (Lipinski definition) is 3. The van der Waals surface area contributed by atoms with Crippen LogP contribution < -0.4 is 5.82 Å². The molecule has 4 aliphatic rings. The molecule has 0 aliphatic heterocycles. The highest BCUT2D eigenvalue weighted by Gasteiger charge is 2.66. The Morgan fingerprint density at radius 3 is 2.39 bits per heavy atom. The molecule has 1 aromatic heterocycles. The summed E-state index contributed by atoms with van der Waals surface area (Å²) < 4.78 is 10.9. The van der Waals surface area contributed by atoms with Crippen LogP contribution in [-0.4, -0.2) is 0 Å². The van der Waals surface area contributed by atoms with Gasteiger partial charge in [-0.2, -0.15) is 0 Å². The van der Waals surface area contributed by atoms with Crippen molar-refractivity contribution in [2.75, 3.05) is 0 Å². The molecule has 0 N–H and O–H groups in total. The van der Waals surface area contributed by atoms with E-state index >= 15 is 0 Å². The van der Waals surface area contributed by atoms with E-state index in [0.29, 0.717) is 27.4 Å². The molecule has 5 atom stereocenters. The van der Waals surface area contributed by atoms with E-state index in [9.17, 15) is 4.79 Å². The first-order valence-electron chi connectivity index (χ1n) is 13.1. The molecule has 6 rings (SSSR count). The standard InChI is InChI=1S/C30H40O3/c1-18-19-8-9-22-28(5,20(19)16-21-24(18)33-25(31)32-21)13-15-30(7)23-17-26(2,3)10-11-27(23,4)12-14-29(22,30)6/h9,16,23H,8,10-15,17H2,1-7H3/t23-,27-,28+,29-,30+/m1/s1. The summed E-state index contributed by atoms with van der Waals surface area (Å²) in [7, 11) is 0. The zero-order chi connectivity index (χ0) is 23.6. The van der Waals surface area contributed by atoms with E-state index in [1.54, 1.807) is 5.57 Å². The minimum absolute atomic E-state index is 0.00540. The molecule has 0 saturated heterocycles. The van der Waals surface area contributed by atoms with E-state index in [0.717, 1.165) is 24.3 Å². The summed E-state index contributed by atoms with van der Waals surface area (Å²) >= 11 is 0. The number of fused-ring (bicyclic) bond motifs is 8. The topological polar surface area (TPSA) is 43.4 Å². The molecular formula is C30H40O3. The molecule has 33 heavy (non-hydrogen) atoms. The van der Waals surface area contributed by atoms with Gasteiger partial charge in [0.25, 0.3) is 0 Å². The van der Waals surface area contributed by atoms with Crippen LogP contribution in [0.2, 0.25) is 0 Å². The van der Waals surface area contributed by atoms with E-state index in [1.165, 1.54) is 49.7 Å². The quantitative estimate of drug-likeness (QED) is 0.385. The Kier molecular flexibility index (Phi) is 4.12. The SMILES string of the molecule is Cc1c2c(cc3oc(=O)oc13)[C@]1(C)CC[C@@]3(C)[C@@H]4CC(C)(C)CC[C@]4(C)CC[C@]3(C)C1=CC2. The van der Waals surface area contributed by atoms with Gasteiger partial charge >= 0.3 is 5.82 Å². The van der Waals surface area contributed by atoms with Gasteiger partial charge in [0.05, 0.1) is 0 Å². The second-order valence-electron chi connectivity index (χ2n) is 13.8. The molecule has 3 saturated carbocycles. The van der Waals surface area contributed by atoms with Gasteiger partial charge < -0.3 is 8.83 Å². The number of benzene rings is 1. The summed E-state index contributed by atoms with van der Waals surface area (Å²) in [4.78, 5) is 11.9. The largest absolute Gasteiger partial charge is 0.519 e. The van der Waals surface area contributed by atoms with Gasteiger partial charge in [-0.15, -0.1) is 0 Å². The zero-order valence-corrected chi connectivity index (χ0v) is 21.6. The minimum atomic E-state index is -0.594. The fourth-order valence-electron chi connectivity index (χ4n) is 9.24. The highest BCUT2D eigenvalue weighted by atomic mass is 16.6. The van der Waals surface area contributed by atoms with E-state index in [1.807, 2.05) is 0 Å². The third kappa shape index (κ3) is 2.60. The lowest BCUT2D eigenvalue weighted by molar-refractivity contribution is -0.156. The van der Waals surface area contributed by atoms with Crippen molar-refractivity contribution in [3.63, 3.8) is 0 Å². The average Bonchev–Trinajstić information content (AvgIpc) is 3.13. The monoisotopic (exact) mass is 448 g/mol. The molecule has 2 aromatic rings. The highest BCUT2D eigenvalue weighted by Crippen LogP contribution is 2.74. The van der Waals surface area contributed by atoms with Crippen molar-refractivity contribution in [3.8, 4) is 0 Å². The van der Waals surface area contributed by atoms with Gasteiger partial charge in [0.15, 0.2) is 11.2 Å². The van der Waals surface area contributed by atoms with E-state index in [-0.39, 0.29) is 10.8 Å². The van der Waals surface area contributed by atoms with Gasteiger partial charge in [0.2, 0.25) is 0 Å². The second kappa shape index (κ2) is 6.26. The Morgan fingerprint density at radius 2 is 1.64 bits per heavy atom. The summed E-state index contributed by atoms with van der Waals surface area (Å²) in [5.41, 5.74) is 8.13. The van der Waals surface area contributed by atoms with Gasteiger partial charge in [0, 0.05) is 5.41 Å². The molecule has 0 unspecified atom stereocenters. The molecule has 3 nitrogen and oxygen atoms in total. The lowest BCUT2D eigenvalue weighted by atomic mass is 9.34. The smallest absolute Gasteiger partial charge is 0.391 e. The number of rotatable bonds is 0. The first-order valence-corrected chi connectivity index (χ1v) is 13.1. The summed E-state index contributed by atoms with van der Waals surface area (Å²) in [5.74, 6) is 0.180. The Hall–Kier alpha value is -1.77. The van der Waals surface area contributed by atoms with Crippen LogP contribution in [0.4, 0.5) is 0 Å². The fraction of sp³-hybridized carbons (Fsp3) is 0.700. The maximum atomic E-state index is 11.9. The Balaban J connectivity index is 1.50. The van der Waals surface area contributed by atoms with Crippen LogP contribution in [0.5, 0.6) is 0 Å². The van der Waals surface area contributed by atoms with Crippen molar-refractivity contribution < 1.29 is 8.83 Å². The van der Waals surface area contributed by atoms with Gasteiger partial charge in [-0.05, 0) is 109 Å². The lowest BCUT2D eigenvalue weighted by Gasteiger charge is -2.70. The van der Waals surface area contributed by atoms with Gasteiger partial charge in [-0.3, -0.25) is 0 Å². The molecule has 0 amide bonds. The first kappa shape index (κ1) is 21.7. The number of allylic oxidation sites excluding steroid dienone is 2. The van der Waals surface area contributed by atoms with Gasteiger partial charge in [-0.1, -0.05) is 53.2 Å². The molecule has 178 valence electrons. The zero-order valence-electron chi connectivity index (χ0n) is 21.6. The maximum Gasteiger partial charge on any atom is 0.519 e. The number of aryl methyl sites for hydroxylation is 1. The Morgan fingerprint density at radius 1 is 0.909 bits per heavy atom. The summed E-state index contributed by atoms with van der Waals surface area (Å²) in [6, 6.07) is 2.14. The summed E-state index contributed by atoms with van der Waals surface area (Å²) in [6.45, 7) is 17.4. The van der Waals surface area contributed by atoms with Crippen molar-refractivity contribution in [1.29, 1.82) is 0 Å². The Labute approximate surface area is 198 Å². The number of hydrogen-bond donors (Lipinski definition) is 0. The normalized spacial score (nSPS) is 41.5. The van der Waals surface area contributed by atoms with Crippen molar-refractivity contribution >= 4 is 11.2 Å². The Bertz CT molecular complexity index is 1260. The lowest BCUT2D eigenvalue weighted by Crippen LogP contribution is -2.62. The third-order valence-corrected chi connectivity index (χ3v) is 11.6. The van der Waals surface area contributed by atoms with Crippen LogP contribution in [0.25, 0.3) is 11.2 Å². The molecule has 0 spiro atoms. The van der Waals surface area contributed by atoms with E-state index in [2.05, 4.69) is 60.6 Å². The first-order chi connectivity index (χ1) is 15.3. The average molecular weight is 449 g/mol. The molecule has 1 aromatic carbocycles. The fourth-order valence-corrected chi connectivity index (χ4v) is 9.24. The predicted molar refractivity (Wildman–Crippen MR) is 133 cm³/mol. The molecule has 0 radical (unpaired) electrons. The van der Waals surface area contributed by atoms with E-state index < -0.39 is 5.82 Å². The van der Waals surface area contributed by atoms with Crippen LogP contribution in [0.1, 0.15) is 103 Å². The van der Waals surface area contributed by atoms with Crippen LogP contribution in [-0.2, 0) is 11.8 Å². The van der Waals surface area contributed by atoms with Crippen molar-refractivity contribution in [2.45, 2.75) is 105 Å². The summed E-state index contributed by atoms with van der Waals surface area (Å²) in [6.07, 6.45) is 12.7. The van der Waals surface area contributed by atoms with Crippen molar-refractivity contribution in [3.05, 3.63) is 45.0 Å². The molecule has 4 aliphatic carbocycles. The molecule has 3 fully saturated rings. The van der Waals surface area contributed by atoms with Gasteiger partial charge in [0.1, 0.15) is 0 Å². The molecular weight excluding hydrogens is 408 g/mol. The maximum absolute atomic E-state index is 11.9. The predicted octanol–water partition coefficient (Wildman–Crippen LogP) is 7.87. The summed E-state index contributed by atoms with van der Waals surface area (Å²) in [5, 5.41) is 0. The van der Waals surface area contributed by atoms with Crippen LogP contribution in [0, 0.1) is 34.5 Å². The van der Waals surface area contributed by atoms with Crippen molar-refractivity contribution in [2.24, 2.45) is 27.6 Å². The van der Waals surface area contributed by atoms with Crippen molar-refractivity contribution in [1.82, 2.24) is 0 Å². The van der Waals surface area contributed by atoms with E-state index in [4.69, 9.17) is 8.83 Å². The van der Waals surface area contributed by atoms with Gasteiger partial charge in [-0.25, -0.2) is 4.79 Å². The molecule has 1 heterocycles. The minimum Gasteiger partial charge on any atom is -0.391 e. The second-order valence-corrected chi connectivity index (χ2v) is 13.8. The highest BCUT2D eigenvalue weighted by molar-refractivity contribution is 5.78. The molecule has 3 heteroatoms. The van der Waals surface area contributed by atoms with Crippen LogP contribution in [0.15, 0.2) is 31.3 Å². The molecule has 0 bridgehead atoms.